The Balaban J connectivity index is 1.72. The Labute approximate surface area is 172 Å². The van der Waals surface area contributed by atoms with Crippen molar-refractivity contribution in [1.82, 2.24) is 5.43 Å². The van der Waals surface area contributed by atoms with Crippen LogP contribution in [-0.4, -0.2) is 30.6 Å². The highest BCUT2D eigenvalue weighted by Crippen LogP contribution is 2.40. The number of nitrogens with one attached hydrogen (secondary N) is 2. The second-order valence-electron chi connectivity index (χ2n) is 6.88. The number of nitrogens with zero attached hydrogens (tertiary/aromatic N) is 1. The van der Waals surface area contributed by atoms with Crippen LogP contribution in [0.2, 0.25) is 0 Å². The van der Waals surface area contributed by atoms with Crippen LogP contribution < -0.4 is 10.7 Å². The number of hydrogen-bond donors (Lipinski definition) is 2. The quantitative estimate of drug-likeness (QED) is 0.336. The first kappa shape index (κ1) is 20.8. The maximum absolute atomic E-state index is 12.5. The lowest BCUT2D eigenvalue weighted by molar-refractivity contribution is -0.136. The molecule has 0 radical (unpaired) electrons. The average molecular weight is 417 g/mol. The molecule has 1 aliphatic carbocycles. The van der Waals surface area contributed by atoms with Gasteiger partial charge in [-0.05, 0) is 56.7 Å². The predicted octanol–water partition coefficient (Wildman–Crippen LogP) is 3.04. The number of carbonyl (C=O) groups is 3. The van der Waals surface area contributed by atoms with Crippen LogP contribution in [0.5, 0.6) is 0 Å². The Bertz CT molecular complexity index is 959. The SMILES string of the molecule is CCOC(=O)c1c(NC(=O)C(=O)N/N=C\c2ccc(C)o2)sc2c1CC[C@H](C)C2. The largest absolute Gasteiger partial charge is 0.462 e. The van der Waals surface area contributed by atoms with E-state index in [0.717, 1.165) is 29.7 Å². The van der Waals surface area contributed by atoms with Crippen LogP contribution in [0, 0.1) is 12.8 Å². The van der Waals surface area contributed by atoms with Crippen LogP contribution in [0.15, 0.2) is 21.7 Å². The summed E-state index contributed by atoms with van der Waals surface area (Å²) < 4.78 is 10.5. The van der Waals surface area contributed by atoms with E-state index < -0.39 is 17.8 Å². The fraction of sp³-hybridized carbons (Fsp3) is 0.400. The molecule has 2 aromatic heterocycles. The van der Waals surface area contributed by atoms with Crippen LogP contribution in [0.4, 0.5) is 5.00 Å². The fourth-order valence-corrected chi connectivity index (χ4v) is 4.54. The second-order valence-corrected chi connectivity index (χ2v) is 7.98. The minimum absolute atomic E-state index is 0.231. The van der Waals surface area contributed by atoms with Crippen LogP contribution in [0.3, 0.4) is 0 Å². The zero-order valence-electron chi connectivity index (χ0n) is 16.5. The van der Waals surface area contributed by atoms with Gasteiger partial charge in [0.25, 0.3) is 0 Å². The normalized spacial score (nSPS) is 15.8. The Morgan fingerprint density at radius 3 is 2.83 bits per heavy atom. The summed E-state index contributed by atoms with van der Waals surface area (Å²) in [5.74, 6) is -0.677. The van der Waals surface area contributed by atoms with Gasteiger partial charge in [-0.15, -0.1) is 11.3 Å². The number of thiophene rings is 1. The van der Waals surface area contributed by atoms with Gasteiger partial charge in [-0.25, -0.2) is 10.2 Å². The number of furan rings is 1. The summed E-state index contributed by atoms with van der Waals surface area (Å²) >= 11 is 1.32. The highest BCUT2D eigenvalue weighted by Gasteiger charge is 2.30. The number of aryl methyl sites for hydroxylation is 1. The number of hydrogen-bond acceptors (Lipinski definition) is 7. The molecule has 9 heteroatoms. The molecule has 2 amide bonds. The highest BCUT2D eigenvalue weighted by atomic mass is 32.1. The summed E-state index contributed by atoms with van der Waals surface area (Å²) in [6.45, 7) is 5.89. The lowest BCUT2D eigenvalue weighted by Crippen LogP contribution is -2.32. The smallest absolute Gasteiger partial charge is 0.341 e. The molecule has 0 aromatic carbocycles. The van der Waals surface area contributed by atoms with Gasteiger partial charge in [-0.3, -0.25) is 9.59 Å². The number of fused-ring (bicyclic) bond motifs is 1. The average Bonchev–Trinajstić information content (AvgIpc) is 3.24. The van der Waals surface area contributed by atoms with Crippen molar-refractivity contribution in [2.24, 2.45) is 11.0 Å². The number of carbonyl (C=O) groups excluding carboxylic acids is 3. The van der Waals surface area contributed by atoms with Crippen molar-refractivity contribution < 1.29 is 23.5 Å². The van der Waals surface area contributed by atoms with Crippen LogP contribution in [-0.2, 0) is 27.2 Å². The Kier molecular flexibility index (Phi) is 6.48. The lowest BCUT2D eigenvalue weighted by atomic mass is 9.88. The van der Waals surface area contributed by atoms with E-state index in [9.17, 15) is 14.4 Å². The van der Waals surface area contributed by atoms with Gasteiger partial charge < -0.3 is 14.5 Å². The van der Waals surface area contributed by atoms with Crippen molar-refractivity contribution in [3.8, 4) is 0 Å². The molecule has 0 aliphatic heterocycles. The standard InChI is InChI=1S/C20H23N3O5S/c1-4-27-20(26)16-14-8-5-11(2)9-15(14)29-19(16)22-17(24)18(25)23-21-10-13-7-6-12(3)28-13/h6-7,10-11H,4-5,8-9H2,1-3H3,(H,22,24)(H,23,25)/b21-10-/t11-/m0/s1. The van der Waals surface area contributed by atoms with E-state index in [1.54, 1.807) is 26.0 Å². The number of hydrazone groups is 1. The van der Waals surface area contributed by atoms with E-state index in [1.165, 1.54) is 17.6 Å². The molecule has 0 saturated carbocycles. The molecule has 0 bridgehead atoms. The summed E-state index contributed by atoms with van der Waals surface area (Å²) in [6.07, 6.45) is 3.84. The fourth-order valence-electron chi connectivity index (χ4n) is 3.15. The first-order valence-electron chi connectivity index (χ1n) is 9.41. The molecule has 154 valence electrons. The maximum Gasteiger partial charge on any atom is 0.341 e. The summed E-state index contributed by atoms with van der Waals surface area (Å²) in [5.41, 5.74) is 3.42. The Hall–Kier alpha value is -2.94. The molecule has 1 atom stereocenters. The number of ether oxygens (including phenoxy) is 1. The van der Waals surface area contributed by atoms with Crippen molar-refractivity contribution >= 4 is 40.3 Å². The molecular formula is C20H23N3O5S. The number of rotatable bonds is 5. The van der Waals surface area contributed by atoms with E-state index in [1.807, 2.05) is 0 Å². The highest BCUT2D eigenvalue weighted by molar-refractivity contribution is 7.17. The Morgan fingerprint density at radius 2 is 2.14 bits per heavy atom. The molecule has 0 spiro atoms. The summed E-state index contributed by atoms with van der Waals surface area (Å²) in [7, 11) is 0. The lowest BCUT2D eigenvalue weighted by Gasteiger charge is -2.18. The topological polar surface area (TPSA) is 110 Å². The molecule has 2 N–H and O–H groups in total. The van der Waals surface area contributed by atoms with Gasteiger partial charge in [0.15, 0.2) is 0 Å². The third-order valence-corrected chi connectivity index (χ3v) is 5.71. The van der Waals surface area contributed by atoms with E-state index in [2.05, 4.69) is 22.8 Å². The van der Waals surface area contributed by atoms with Crippen molar-refractivity contribution in [3.05, 3.63) is 39.7 Å². The van der Waals surface area contributed by atoms with Crippen molar-refractivity contribution in [2.45, 2.75) is 40.0 Å². The molecule has 0 saturated heterocycles. The minimum atomic E-state index is -0.945. The van der Waals surface area contributed by atoms with Gasteiger partial charge in [0, 0.05) is 4.88 Å². The minimum Gasteiger partial charge on any atom is -0.462 e. The van der Waals surface area contributed by atoms with Gasteiger partial charge in [0.2, 0.25) is 0 Å². The van der Waals surface area contributed by atoms with E-state index in [0.29, 0.717) is 28.0 Å². The van der Waals surface area contributed by atoms with Crippen LogP contribution >= 0.6 is 11.3 Å². The van der Waals surface area contributed by atoms with Gasteiger partial charge in [-0.2, -0.15) is 5.10 Å². The van der Waals surface area contributed by atoms with E-state index >= 15 is 0 Å². The van der Waals surface area contributed by atoms with Crippen LogP contribution in [0.25, 0.3) is 0 Å². The van der Waals surface area contributed by atoms with Gasteiger partial charge in [0.05, 0.1) is 18.4 Å². The van der Waals surface area contributed by atoms with Gasteiger partial charge in [0.1, 0.15) is 16.5 Å². The van der Waals surface area contributed by atoms with Crippen molar-refractivity contribution in [3.63, 3.8) is 0 Å². The number of anilines is 1. The molecule has 0 unspecified atom stereocenters. The summed E-state index contributed by atoms with van der Waals surface area (Å²) in [4.78, 5) is 37.9. The molecule has 2 aromatic rings. The maximum atomic E-state index is 12.5. The molecule has 0 fully saturated rings. The summed E-state index contributed by atoms with van der Waals surface area (Å²) in [6, 6.07) is 3.44. The zero-order chi connectivity index (χ0) is 21.0. The Morgan fingerprint density at radius 1 is 1.34 bits per heavy atom. The van der Waals surface area contributed by atoms with Gasteiger partial charge >= 0.3 is 17.8 Å². The van der Waals surface area contributed by atoms with E-state index in [4.69, 9.17) is 9.15 Å². The van der Waals surface area contributed by atoms with Crippen LogP contribution in [0.1, 0.15) is 52.6 Å². The molecular weight excluding hydrogens is 394 g/mol. The predicted molar refractivity (Wildman–Crippen MR) is 109 cm³/mol. The first-order valence-corrected chi connectivity index (χ1v) is 10.2. The van der Waals surface area contributed by atoms with Crippen molar-refractivity contribution in [1.29, 1.82) is 0 Å². The van der Waals surface area contributed by atoms with Crippen molar-refractivity contribution in [2.75, 3.05) is 11.9 Å². The molecule has 8 nitrogen and oxygen atoms in total. The molecule has 1 aliphatic rings. The molecule has 2 heterocycles. The third-order valence-electron chi connectivity index (χ3n) is 4.54. The first-order chi connectivity index (χ1) is 13.9. The summed E-state index contributed by atoms with van der Waals surface area (Å²) in [5, 5.41) is 6.60. The molecule has 29 heavy (non-hydrogen) atoms. The third kappa shape index (κ3) is 4.92. The monoisotopic (exact) mass is 417 g/mol. The second kappa shape index (κ2) is 9.04. The number of esters is 1. The molecule has 3 rings (SSSR count). The van der Waals surface area contributed by atoms with Gasteiger partial charge in [-0.1, -0.05) is 6.92 Å². The van der Waals surface area contributed by atoms with E-state index in [-0.39, 0.29) is 6.61 Å². The zero-order valence-corrected chi connectivity index (χ0v) is 17.4. The number of amides is 2.